The number of hydrogen-bond donors (Lipinski definition) is 1. The molecule has 5 nitrogen and oxygen atoms in total. The molecule has 0 radical (unpaired) electrons. The summed E-state index contributed by atoms with van der Waals surface area (Å²) in [4.78, 5) is 27.2. The molecule has 1 N–H and O–H groups in total. The van der Waals surface area contributed by atoms with Gasteiger partial charge in [-0.25, -0.2) is 4.79 Å². The van der Waals surface area contributed by atoms with Gasteiger partial charge in [-0.2, -0.15) is 11.8 Å². The second-order valence-corrected chi connectivity index (χ2v) is 6.88. The highest BCUT2D eigenvalue weighted by Crippen LogP contribution is 2.26. The highest BCUT2D eigenvalue weighted by molar-refractivity contribution is 8.00. The van der Waals surface area contributed by atoms with Crippen molar-refractivity contribution in [1.29, 1.82) is 0 Å². The van der Waals surface area contributed by atoms with E-state index in [9.17, 15) is 9.59 Å². The van der Waals surface area contributed by atoms with Crippen molar-refractivity contribution in [1.82, 2.24) is 9.80 Å². The minimum atomic E-state index is -0.733. The molecule has 0 spiro atoms. The molecule has 2 aliphatic rings. The molecule has 0 saturated carbocycles. The normalized spacial score (nSPS) is 29.4. The number of piperidine rings is 1. The van der Waals surface area contributed by atoms with Crippen LogP contribution in [0.25, 0.3) is 0 Å². The minimum Gasteiger partial charge on any atom is -0.481 e. The first-order chi connectivity index (χ1) is 9.00. The highest BCUT2D eigenvalue weighted by Gasteiger charge is 2.34. The molecule has 108 valence electrons. The van der Waals surface area contributed by atoms with Gasteiger partial charge in [-0.1, -0.05) is 6.92 Å². The van der Waals surface area contributed by atoms with Gasteiger partial charge in [0.25, 0.3) is 0 Å². The van der Waals surface area contributed by atoms with Gasteiger partial charge in [-0.3, -0.25) is 4.79 Å². The summed E-state index contributed by atoms with van der Waals surface area (Å²) in [5.74, 6) is -0.0242. The highest BCUT2D eigenvalue weighted by atomic mass is 32.2. The second kappa shape index (κ2) is 6.03. The van der Waals surface area contributed by atoms with Crippen molar-refractivity contribution >= 4 is 23.8 Å². The van der Waals surface area contributed by atoms with Crippen LogP contribution >= 0.6 is 11.8 Å². The quantitative estimate of drug-likeness (QED) is 0.797. The first-order valence-electron chi connectivity index (χ1n) is 6.90. The molecule has 19 heavy (non-hydrogen) atoms. The van der Waals surface area contributed by atoms with E-state index in [0.717, 1.165) is 12.3 Å². The van der Waals surface area contributed by atoms with E-state index < -0.39 is 5.97 Å². The first kappa shape index (κ1) is 14.5. The number of carbonyl (C=O) groups is 2. The van der Waals surface area contributed by atoms with Crippen molar-refractivity contribution in [2.24, 2.45) is 5.92 Å². The molecule has 0 aromatic heterocycles. The lowest BCUT2D eigenvalue weighted by molar-refractivity contribution is -0.143. The van der Waals surface area contributed by atoms with E-state index in [1.54, 1.807) is 0 Å². The van der Waals surface area contributed by atoms with Crippen LogP contribution in [-0.2, 0) is 4.79 Å². The maximum atomic E-state index is 12.5. The Morgan fingerprint density at radius 3 is 2.37 bits per heavy atom. The van der Waals surface area contributed by atoms with Gasteiger partial charge in [0, 0.05) is 36.7 Å². The molecule has 0 bridgehead atoms. The average Bonchev–Trinajstić information content (AvgIpc) is 2.41. The van der Waals surface area contributed by atoms with Crippen LogP contribution in [0.2, 0.25) is 0 Å². The van der Waals surface area contributed by atoms with Gasteiger partial charge in [-0.05, 0) is 19.8 Å². The number of likely N-dealkylation sites (tertiary alicyclic amines) is 1. The standard InChI is InChI=1S/C13H22N2O3S/c1-9-10(2)19-8-7-15(9)13(18)14-5-3-11(4-6-14)12(16)17/h9-11H,3-8H2,1-2H3,(H,16,17). The predicted molar refractivity (Wildman–Crippen MR) is 75.4 cm³/mol. The van der Waals surface area contributed by atoms with Gasteiger partial charge in [0.05, 0.1) is 5.92 Å². The van der Waals surface area contributed by atoms with Gasteiger partial charge in [0.1, 0.15) is 0 Å². The Hall–Kier alpha value is -0.910. The van der Waals surface area contributed by atoms with Crippen molar-refractivity contribution in [2.75, 3.05) is 25.4 Å². The number of nitrogens with zero attached hydrogens (tertiary/aromatic N) is 2. The van der Waals surface area contributed by atoms with E-state index in [4.69, 9.17) is 5.11 Å². The van der Waals surface area contributed by atoms with Gasteiger partial charge in [0.2, 0.25) is 0 Å². The molecule has 2 saturated heterocycles. The zero-order valence-corrected chi connectivity index (χ0v) is 12.4. The van der Waals surface area contributed by atoms with E-state index in [1.807, 2.05) is 21.6 Å². The van der Waals surface area contributed by atoms with E-state index in [-0.39, 0.29) is 18.0 Å². The summed E-state index contributed by atoms with van der Waals surface area (Å²) in [6.07, 6.45) is 1.15. The Bertz CT molecular complexity index is 356. The number of hydrogen-bond acceptors (Lipinski definition) is 3. The Balaban J connectivity index is 1.92. The number of thioether (sulfide) groups is 1. The zero-order chi connectivity index (χ0) is 14.0. The molecule has 6 heteroatoms. The largest absolute Gasteiger partial charge is 0.481 e. The molecule has 2 aliphatic heterocycles. The number of carboxylic acid groups (broad SMARTS) is 1. The summed E-state index contributed by atoms with van der Waals surface area (Å²) in [6, 6.07) is 0.340. The SMILES string of the molecule is CC1SCCN(C(=O)N2CCC(C(=O)O)CC2)C1C. The number of urea groups is 1. The third kappa shape index (κ3) is 3.16. The van der Waals surface area contributed by atoms with Crippen molar-refractivity contribution in [3.63, 3.8) is 0 Å². The van der Waals surface area contributed by atoms with Gasteiger partial charge < -0.3 is 14.9 Å². The molecule has 2 amide bonds. The van der Waals surface area contributed by atoms with Crippen LogP contribution in [0.15, 0.2) is 0 Å². The summed E-state index contributed by atoms with van der Waals surface area (Å²) >= 11 is 1.91. The summed E-state index contributed by atoms with van der Waals surface area (Å²) < 4.78 is 0. The average molecular weight is 286 g/mol. The Morgan fingerprint density at radius 2 is 1.79 bits per heavy atom. The first-order valence-corrected chi connectivity index (χ1v) is 7.95. The topological polar surface area (TPSA) is 60.9 Å². The number of aliphatic carboxylic acids is 1. The van der Waals surface area contributed by atoms with Crippen molar-refractivity contribution in [2.45, 2.75) is 38.0 Å². The predicted octanol–water partition coefficient (Wildman–Crippen LogP) is 1.73. The minimum absolute atomic E-state index is 0.0866. The number of amides is 2. The summed E-state index contributed by atoms with van der Waals surface area (Å²) in [5.41, 5.74) is 0. The van der Waals surface area contributed by atoms with Crippen LogP contribution < -0.4 is 0 Å². The van der Waals surface area contributed by atoms with E-state index >= 15 is 0 Å². The third-order valence-corrected chi connectivity index (χ3v) is 5.58. The molecular weight excluding hydrogens is 264 g/mol. The number of carbonyl (C=O) groups excluding carboxylic acids is 1. The molecule has 0 aliphatic carbocycles. The summed E-state index contributed by atoms with van der Waals surface area (Å²) in [5, 5.41) is 9.44. The lowest BCUT2D eigenvalue weighted by Gasteiger charge is -2.41. The van der Waals surface area contributed by atoms with E-state index in [2.05, 4.69) is 13.8 Å². The van der Waals surface area contributed by atoms with Crippen LogP contribution in [0.5, 0.6) is 0 Å². The fraction of sp³-hybridized carbons (Fsp3) is 0.846. The Kier molecular flexibility index (Phi) is 4.60. The van der Waals surface area contributed by atoms with Crippen LogP contribution in [0.3, 0.4) is 0 Å². The third-order valence-electron chi connectivity index (χ3n) is 4.24. The molecule has 0 aromatic rings. The lowest BCUT2D eigenvalue weighted by atomic mass is 9.97. The molecule has 0 aromatic carbocycles. The number of carboxylic acids is 1. The van der Waals surface area contributed by atoms with Gasteiger partial charge in [-0.15, -0.1) is 0 Å². The zero-order valence-electron chi connectivity index (χ0n) is 11.5. The molecule has 2 fully saturated rings. The molecule has 2 heterocycles. The second-order valence-electron chi connectivity index (χ2n) is 5.39. The van der Waals surface area contributed by atoms with Crippen LogP contribution in [-0.4, -0.2) is 63.6 Å². The summed E-state index contributed by atoms with van der Waals surface area (Å²) in [6.45, 7) is 6.19. The lowest BCUT2D eigenvalue weighted by Crippen LogP contribution is -2.54. The molecule has 2 rings (SSSR count). The van der Waals surface area contributed by atoms with E-state index in [0.29, 0.717) is 31.2 Å². The fourth-order valence-electron chi connectivity index (χ4n) is 2.70. The smallest absolute Gasteiger partial charge is 0.320 e. The molecular formula is C13H22N2O3S. The molecule has 2 atom stereocenters. The monoisotopic (exact) mass is 286 g/mol. The fourth-order valence-corrected chi connectivity index (χ4v) is 3.80. The van der Waals surface area contributed by atoms with Crippen LogP contribution in [0.4, 0.5) is 4.79 Å². The summed E-state index contributed by atoms with van der Waals surface area (Å²) in [7, 11) is 0. The van der Waals surface area contributed by atoms with Crippen molar-refractivity contribution < 1.29 is 14.7 Å². The van der Waals surface area contributed by atoms with Crippen molar-refractivity contribution in [3.05, 3.63) is 0 Å². The Morgan fingerprint density at radius 1 is 1.16 bits per heavy atom. The van der Waals surface area contributed by atoms with E-state index in [1.165, 1.54) is 0 Å². The Labute approximate surface area is 118 Å². The molecule has 2 unspecified atom stereocenters. The number of rotatable bonds is 1. The van der Waals surface area contributed by atoms with Gasteiger partial charge >= 0.3 is 12.0 Å². The maximum Gasteiger partial charge on any atom is 0.320 e. The van der Waals surface area contributed by atoms with Crippen LogP contribution in [0.1, 0.15) is 26.7 Å². The van der Waals surface area contributed by atoms with Crippen molar-refractivity contribution in [3.8, 4) is 0 Å². The van der Waals surface area contributed by atoms with Crippen LogP contribution in [0, 0.1) is 5.92 Å². The van der Waals surface area contributed by atoms with Gasteiger partial charge in [0.15, 0.2) is 0 Å². The maximum absolute atomic E-state index is 12.5.